The van der Waals surface area contributed by atoms with Crippen molar-refractivity contribution in [3.63, 3.8) is 0 Å². The van der Waals surface area contributed by atoms with E-state index in [9.17, 15) is 4.39 Å². The highest BCUT2D eigenvalue weighted by molar-refractivity contribution is 5.31. The maximum atomic E-state index is 14.4. The van der Waals surface area contributed by atoms with Crippen molar-refractivity contribution >= 4 is 0 Å². The third-order valence-corrected chi connectivity index (χ3v) is 4.65. The van der Waals surface area contributed by atoms with Gasteiger partial charge in [-0.15, -0.1) is 0 Å². The van der Waals surface area contributed by atoms with E-state index in [0.29, 0.717) is 11.7 Å². The van der Waals surface area contributed by atoms with Crippen LogP contribution in [0, 0.1) is 23.6 Å². The van der Waals surface area contributed by atoms with Gasteiger partial charge in [0.2, 0.25) is 0 Å². The summed E-state index contributed by atoms with van der Waals surface area (Å²) in [5, 5.41) is 3.51. The molecule has 1 saturated carbocycles. The van der Waals surface area contributed by atoms with E-state index in [0.717, 1.165) is 23.9 Å². The second kappa shape index (κ2) is 7.26. The Morgan fingerprint density at radius 2 is 1.90 bits per heavy atom. The zero-order valence-electron chi connectivity index (χ0n) is 13.7. The lowest BCUT2D eigenvalue weighted by molar-refractivity contribution is 0.175. The fraction of sp³-hybridized carbons (Fsp3) is 0.667. The molecule has 1 aliphatic carbocycles. The second-order valence-corrected chi connectivity index (χ2v) is 6.60. The first-order valence-corrected chi connectivity index (χ1v) is 8.11. The van der Waals surface area contributed by atoms with Crippen molar-refractivity contribution in [1.29, 1.82) is 0 Å². The van der Waals surface area contributed by atoms with Crippen molar-refractivity contribution in [3.05, 3.63) is 29.6 Å². The molecular formula is C18H28FNO. The van der Waals surface area contributed by atoms with Crippen LogP contribution >= 0.6 is 0 Å². The van der Waals surface area contributed by atoms with Crippen molar-refractivity contribution in [2.75, 3.05) is 13.7 Å². The molecule has 1 fully saturated rings. The number of methoxy groups -OCH3 is 1. The van der Waals surface area contributed by atoms with Crippen molar-refractivity contribution in [3.8, 4) is 5.75 Å². The normalized spacial score (nSPS) is 27.4. The van der Waals surface area contributed by atoms with Gasteiger partial charge in [-0.05, 0) is 49.6 Å². The molecule has 1 N–H and O–H groups in total. The monoisotopic (exact) mass is 293 g/mol. The minimum atomic E-state index is -0.161. The van der Waals surface area contributed by atoms with Crippen molar-refractivity contribution < 1.29 is 9.13 Å². The smallest absolute Gasteiger partial charge is 0.131 e. The van der Waals surface area contributed by atoms with Gasteiger partial charge in [-0.25, -0.2) is 4.39 Å². The summed E-state index contributed by atoms with van der Waals surface area (Å²) in [6, 6.07) is 5.34. The minimum Gasteiger partial charge on any atom is -0.497 e. The van der Waals surface area contributed by atoms with Crippen LogP contribution in [0.4, 0.5) is 4.39 Å². The molecule has 1 aliphatic rings. The average molecular weight is 293 g/mol. The van der Waals surface area contributed by atoms with Crippen LogP contribution in [0.5, 0.6) is 5.75 Å². The molecule has 21 heavy (non-hydrogen) atoms. The summed E-state index contributed by atoms with van der Waals surface area (Å²) >= 11 is 0. The Kier molecular flexibility index (Phi) is 5.63. The SMILES string of the molecule is CCNC(c1ccc(OC)cc1F)C1CC(C)CC(C)C1. The molecule has 0 radical (unpaired) electrons. The summed E-state index contributed by atoms with van der Waals surface area (Å²) in [4.78, 5) is 0. The molecule has 118 valence electrons. The Hall–Kier alpha value is -1.09. The number of benzene rings is 1. The molecule has 3 unspecified atom stereocenters. The van der Waals surface area contributed by atoms with Gasteiger partial charge in [-0.1, -0.05) is 26.8 Å². The van der Waals surface area contributed by atoms with Crippen LogP contribution in [0.1, 0.15) is 51.6 Å². The third kappa shape index (κ3) is 3.97. The van der Waals surface area contributed by atoms with Crippen LogP contribution in [0.3, 0.4) is 0 Å². The molecule has 0 amide bonds. The van der Waals surface area contributed by atoms with Crippen molar-refractivity contribution in [2.45, 2.75) is 46.1 Å². The lowest BCUT2D eigenvalue weighted by Crippen LogP contribution is -2.33. The molecule has 0 aliphatic heterocycles. The van der Waals surface area contributed by atoms with E-state index in [2.05, 4.69) is 26.1 Å². The van der Waals surface area contributed by atoms with Crippen LogP contribution in [0.2, 0.25) is 0 Å². The number of hydrogen-bond acceptors (Lipinski definition) is 2. The van der Waals surface area contributed by atoms with Gasteiger partial charge in [-0.2, -0.15) is 0 Å². The first kappa shape index (κ1) is 16.3. The van der Waals surface area contributed by atoms with E-state index >= 15 is 0 Å². The number of halogens is 1. The number of ether oxygens (including phenoxy) is 1. The molecule has 0 aromatic heterocycles. The van der Waals surface area contributed by atoms with Crippen molar-refractivity contribution in [2.24, 2.45) is 17.8 Å². The van der Waals surface area contributed by atoms with Gasteiger partial charge < -0.3 is 10.1 Å². The summed E-state index contributed by atoms with van der Waals surface area (Å²) < 4.78 is 19.5. The van der Waals surface area contributed by atoms with Crippen LogP contribution in [0.25, 0.3) is 0 Å². The van der Waals surface area contributed by atoms with E-state index in [-0.39, 0.29) is 11.9 Å². The van der Waals surface area contributed by atoms with Gasteiger partial charge in [0.25, 0.3) is 0 Å². The van der Waals surface area contributed by atoms with Crippen LogP contribution in [0.15, 0.2) is 18.2 Å². The fourth-order valence-corrected chi connectivity index (χ4v) is 3.92. The predicted molar refractivity (Wildman–Crippen MR) is 85.0 cm³/mol. The molecule has 2 rings (SSSR count). The highest BCUT2D eigenvalue weighted by Crippen LogP contribution is 2.40. The van der Waals surface area contributed by atoms with Gasteiger partial charge in [0.05, 0.1) is 7.11 Å². The maximum Gasteiger partial charge on any atom is 0.131 e. The van der Waals surface area contributed by atoms with Crippen LogP contribution in [-0.2, 0) is 0 Å². The topological polar surface area (TPSA) is 21.3 Å². The van der Waals surface area contributed by atoms with Crippen LogP contribution in [-0.4, -0.2) is 13.7 Å². The number of nitrogens with one attached hydrogen (secondary N) is 1. The number of rotatable bonds is 5. The van der Waals surface area contributed by atoms with Gasteiger partial charge in [-0.3, -0.25) is 0 Å². The molecule has 0 bridgehead atoms. The predicted octanol–water partition coefficient (Wildman–Crippen LogP) is 4.56. The molecular weight excluding hydrogens is 265 g/mol. The minimum absolute atomic E-state index is 0.103. The van der Waals surface area contributed by atoms with Gasteiger partial charge >= 0.3 is 0 Å². The average Bonchev–Trinajstić information content (AvgIpc) is 2.44. The summed E-state index contributed by atoms with van der Waals surface area (Å²) in [6.45, 7) is 7.57. The molecule has 0 spiro atoms. The quantitative estimate of drug-likeness (QED) is 0.859. The molecule has 3 heteroatoms. The number of hydrogen-bond donors (Lipinski definition) is 1. The Balaban J connectivity index is 2.25. The zero-order chi connectivity index (χ0) is 15.4. The van der Waals surface area contributed by atoms with Gasteiger partial charge in [0.15, 0.2) is 0 Å². The van der Waals surface area contributed by atoms with Gasteiger partial charge in [0.1, 0.15) is 11.6 Å². The molecule has 2 nitrogen and oxygen atoms in total. The highest BCUT2D eigenvalue weighted by atomic mass is 19.1. The lowest BCUT2D eigenvalue weighted by Gasteiger charge is -2.37. The van der Waals surface area contributed by atoms with E-state index in [1.807, 2.05) is 12.1 Å². The van der Waals surface area contributed by atoms with E-state index in [1.54, 1.807) is 7.11 Å². The largest absolute Gasteiger partial charge is 0.497 e. The van der Waals surface area contributed by atoms with E-state index in [1.165, 1.54) is 25.3 Å². The lowest BCUT2D eigenvalue weighted by atomic mass is 9.72. The summed E-state index contributed by atoms with van der Waals surface area (Å²) in [6.07, 6.45) is 3.64. The maximum absolute atomic E-state index is 14.4. The highest BCUT2D eigenvalue weighted by Gasteiger charge is 2.31. The Bertz CT molecular complexity index is 453. The zero-order valence-corrected chi connectivity index (χ0v) is 13.7. The summed E-state index contributed by atoms with van der Waals surface area (Å²) in [5.74, 6) is 2.37. The van der Waals surface area contributed by atoms with Gasteiger partial charge in [0, 0.05) is 17.7 Å². The Labute approximate surface area is 128 Å². The summed E-state index contributed by atoms with van der Waals surface area (Å²) in [5.41, 5.74) is 0.781. The second-order valence-electron chi connectivity index (χ2n) is 6.60. The molecule has 3 atom stereocenters. The fourth-order valence-electron chi connectivity index (χ4n) is 3.92. The first-order chi connectivity index (χ1) is 10.0. The van der Waals surface area contributed by atoms with Crippen molar-refractivity contribution in [1.82, 2.24) is 5.32 Å². The van der Waals surface area contributed by atoms with Crippen LogP contribution < -0.4 is 10.1 Å². The molecule has 0 saturated heterocycles. The van der Waals surface area contributed by atoms with E-state index in [4.69, 9.17) is 4.74 Å². The Morgan fingerprint density at radius 1 is 1.24 bits per heavy atom. The molecule has 0 heterocycles. The molecule has 1 aromatic carbocycles. The summed E-state index contributed by atoms with van der Waals surface area (Å²) in [7, 11) is 1.57. The Morgan fingerprint density at radius 3 is 2.43 bits per heavy atom. The first-order valence-electron chi connectivity index (χ1n) is 8.11. The third-order valence-electron chi connectivity index (χ3n) is 4.65. The standard InChI is InChI=1S/C18H28FNO/c1-5-20-18(14-9-12(2)8-13(3)10-14)16-7-6-15(21-4)11-17(16)19/h6-7,11-14,18,20H,5,8-10H2,1-4H3. The van der Waals surface area contributed by atoms with E-state index < -0.39 is 0 Å². The molecule has 1 aromatic rings.